The van der Waals surface area contributed by atoms with Crippen molar-refractivity contribution in [1.82, 2.24) is 9.97 Å². The van der Waals surface area contributed by atoms with Crippen molar-refractivity contribution in [2.75, 3.05) is 16.0 Å². The van der Waals surface area contributed by atoms with Crippen LogP contribution in [0.5, 0.6) is 0 Å². The summed E-state index contributed by atoms with van der Waals surface area (Å²) in [6.45, 7) is 3.91. The van der Waals surface area contributed by atoms with Crippen molar-refractivity contribution >= 4 is 40.8 Å². The van der Waals surface area contributed by atoms with Crippen LogP contribution in [0, 0.1) is 25.5 Å². The molecule has 0 bridgehead atoms. The highest BCUT2D eigenvalue weighted by molar-refractivity contribution is 6.02. The molecule has 1 aromatic heterocycles. The molecule has 176 valence electrons. The summed E-state index contributed by atoms with van der Waals surface area (Å²) in [5, 5.41) is 9.10. The Labute approximate surface area is 201 Å². The van der Waals surface area contributed by atoms with E-state index in [1.165, 1.54) is 11.6 Å². The van der Waals surface area contributed by atoms with E-state index in [0.717, 1.165) is 41.3 Å². The van der Waals surface area contributed by atoms with Crippen LogP contribution in [0.15, 0.2) is 78.9 Å². The van der Waals surface area contributed by atoms with Crippen LogP contribution in [0.4, 0.5) is 37.6 Å². The monoisotopic (exact) mass is 471 g/mol. The largest absolute Gasteiger partial charge is 0.340 e. The molecule has 4 aromatic rings. The summed E-state index contributed by atoms with van der Waals surface area (Å²) >= 11 is 0. The third-order valence-corrected chi connectivity index (χ3v) is 4.96. The third kappa shape index (κ3) is 6.70. The van der Waals surface area contributed by atoms with Crippen molar-refractivity contribution in [3.63, 3.8) is 0 Å². The van der Waals surface area contributed by atoms with Crippen molar-refractivity contribution in [3.8, 4) is 0 Å². The highest BCUT2D eigenvalue weighted by atomic mass is 19.1. The molecule has 0 aliphatic rings. The molecule has 0 saturated carbocycles. The van der Waals surface area contributed by atoms with Crippen LogP contribution in [0.2, 0.25) is 0 Å². The van der Waals surface area contributed by atoms with Gasteiger partial charge in [0.2, 0.25) is 11.9 Å². The van der Waals surface area contributed by atoms with Crippen LogP contribution in [0.25, 0.3) is 6.08 Å². The Bertz CT molecular complexity index is 1370. The van der Waals surface area contributed by atoms with Gasteiger partial charge in [-0.3, -0.25) is 4.79 Å². The molecule has 0 aliphatic heterocycles. The second kappa shape index (κ2) is 10.6. The molecule has 3 N–H and O–H groups in total. The molecule has 1 amide bonds. The number of aryl methyl sites for hydroxylation is 2. The SMILES string of the molecule is Cc1ccc(Nc2cc(C)nc(Nc3ccc(NC(=O)/C=C/c4cc(F)ccc4F)cc3)n2)cc1. The standard InChI is InChI=1S/C27H23F2N5O/c1-17-3-7-21(8-4-17)31-25-15-18(2)30-27(34-25)33-23-11-9-22(10-12-23)32-26(35)14-5-19-16-20(28)6-13-24(19)29/h3-16H,1-2H3,(H,32,35)(H2,30,31,33,34)/b14-5+. The van der Waals surface area contributed by atoms with Gasteiger partial charge in [-0.2, -0.15) is 4.98 Å². The summed E-state index contributed by atoms with van der Waals surface area (Å²) in [6, 6.07) is 19.9. The average Bonchev–Trinajstić information content (AvgIpc) is 2.82. The van der Waals surface area contributed by atoms with Gasteiger partial charge in [0, 0.05) is 40.5 Å². The Morgan fingerprint density at radius 2 is 1.46 bits per heavy atom. The zero-order valence-corrected chi connectivity index (χ0v) is 19.1. The second-order valence-electron chi connectivity index (χ2n) is 7.90. The van der Waals surface area contributed by atoms with E-state index in [9.17, 15) is 13.6 Å². The first-order valence-corrected chi connectivity index (χ1v) is 10.8. The van der Waals surface area contributed by atoms with Gasteiger partial charge in [0.25, 0.3) is 0 Å². The first-order chi connectivity index (χ1) is 16.8. The van der Waals surface area contributed by atoms with Crippen LogP contribution in [0.1, 0.15) is 16.8 Å². The molecule has 0 fully saturated rings. The summed E-state index contributed by atoms with van der Waals surface area (Å²) in [5.74, 6) is -0.569. The first-order valence-electron chi connectivity index (χ1n) is 10.8. The van der Waals surface area contributed by atoms with E-state index in [2.05, 4.69) is 25.9 Å². The Kier molecular flexibility index (Phi) is 7.11. The molecular formula is C27H23F2N5O. The summed E-state index contributed by atoms with van der Waals surface area (Å²) in [4.78, 5) is 21.1. The molecule has 0 unspecified atom stereocenters. The molecular weight excluding hydrogens is 448 g/mol. The van der Waals surface area contributed by atoms with Gasteiger partial charge in [0.05, 0.1) is 0 Å². The molecule has 0 aliphatic carbocycles. The Morgan fingerprint density at radius 3 is 2.20 bits per heavy atom. The molecule has 3 aromatic carbocycles. The second-order valence-corrected chi connectivity index (χ2v) is 7.90. The normalized spacial score (nSPS) is 10.9. The Morgan fingerprint density at radius 1 is 0.800 bits per heavy atom. The number of hydrogen-bond donors (Lipinski definition) is 3. The predicted molar refractivity (Wildman–Crippen MR) is 135 cm³/mol. The van der Waals surface area contributed by atoms with E-state index >= 15 is 0 Å². The van der Waals surface area contributed by atoms with Gasteiger partial charge in [-0.1, -0.05) is 17.7 Å². The Hall–Kier alpha value is -4.59. The summed E-state index contributed by atoms with van der Waals surface area (Å²) < 4.78 is 26.9. The van der Waals surface area contributed by atoms with E-state index in [1.807, 2.05) is 44.2 Å². The molecule has 0 spiro atoms. The molecule has 6 nitrogen and oxygen atoms in total. The zero-order chi connectivity index (χ0) is 24.8. The van der Waals surface area contributed by atoms with Gasteiger partial charge in [-0.05, 0) is 74.5 Å². The van der Waals surface area contributed by atoms with Gasteiger partial charge in [-0.15, -0.1) is 0 Å². The number of nitrogens with zero attached hydrogens (tertiary/aromatic N) is 2. The fourth-order valence-electron chi connectivity index (χ4n) is 3.23. The number of aromatic nitrogens is 2. The van der Waals surface area contributed by atoms with Crippen LogP contribution in [-0.4, -0.2) is 15.9 Å². The molecule has 0 atom stereocenters. The van der Waals surface area contributed by atoms with E-state index < -0.39 is 17.5 Å². The topological polar surface area (TPSA) is 78.9 Å². The first kappa shape index (κ1) is 23.6. The van der Waals surface area contributed by atoms with E-state index in [0.29, 0.717) is 17.5 Å². The maximum Gasteiger partial charge on any atom is 0.248 e. The quantitative estimate of drug-likeness (QED) is 0.268. The smallest absolute Gasteiger partial charge is 0.248 e. The molecule has 8 heteroatoms. The number of amides is 1. The number of rotatable bonds is 7. The van der Waals surface area contributed by atoms with Crippen LogP contribution >= 0.6 is 0 Å². The van der Waals surface area contributed by atoms with E-state index in [1.54, 1.807) is 24.3 Å². The fourth-order valence-corrected chi connectivity index (χ4v) is 3.23. The highest BCUT2D eigenvalue weighted by Gasteiger charge is 2.06. The lowest BCUT2D eigenvalue weighted by atomic mass is 10.2. The van der Waals surface area contributed by atoms with E-state index in [-0.39, 0.29) is 5.56 Å². The minimum absolute atomic E-state index is 0.00547. The molecule has 4 rings (SSSR count). The van der Waals surface area contributed by atoms with Crippen LogP contribution in [0.3, 0.4) is 0 Å². The fraction of sp³-hybridized carbons (Fsp3) is 0.0741. The molecule has 0 radical (unpaired) electrons. The van der Waals surface area contributed by atoms with Crippen molar-refractivity contribution in [3.05, 3.63) is 107 Å². The van der Waals surface area contributed by atoms with Crippen molar-refractivity contribution in [2.24, 2.45) is 0 Å². The average molecular weight is 472 g/mol. The van der Waals surface area contributed by atoms with Crippen LogP contribution < -0.4 is 16.0 Å². The number of halogens is 2. The number of nitrogens with one attached hydrogen (secondary N) is 3. The number of anilines is 5. The molecule has 1 heterocycles. The maximum absolute atomic E-state index is 13.7. The minimum Gasteiger partial charge on any atom is -0.340 e. The highest BCUT2D eigenvalue weighted by Crippen LogP contribution is 2.21. The lowest BCUT2D eigenvalue weighted by Gasteiger charge is -2.11. The number of carbonyl (C=O) groups is 1. The van der Waals surface area contributed by atoms with E-state index in [4.69, 9.17) is 0 Å². The van der Waals surface area contributed by atoms with Crippen molar-refractivity contribution in [1.29, 1.82) is 0 Å². The number of carbonyl (C=O) groups excluding carboxylic acids is 1. The van der Waals surface area contributed by atoms with Gasteiger partial charge in [0.15, 0.2) is 0 Å². The molecule has 0 saturated heterocycles. The number of benzene rings is 3. The van der Waals surface area contributed by atoms with Crippen LogP contribution in [-0.2, 0) is 4.79 Å². The predicted octanol–water partition coefficient (Wildman–Crippen LogP) is 6.51. The lowest BCUT2D eigenvalue weighted by molar-refractivity contribution is -0.111. The summed E-state index contributed by atoms with van der Waals surface area (Å²) in [7, 11) is 0. The number of hydrogen-bond acceptors (Lipinski definition) is 5. The summed E-state index contributed by atoms with van der Waals surface area (Å²) in [5.41, 5.74) is 4.16. The lowest BCUT2D eigenvalue weighted by Crippen LogP contribution is -2.08. The summed E-state index contributed by atoms with van der Waals surface area (Å²) in [6.07, 6.45) is 2.37. The Balaban J connectivity index is 1.38. The molecule has 35 heavy (non-hydrogen) atoms. The van der Waals surface area contributed by atoms with Crippen molar-refractivity contribution < 1.29 is 13.6 Å². The van der Waals surface area contributed by atoms with Gasteiger partial charge >= 0.3 is 0 Å². The van der Waals surface area contributed by atoms with Gasteiger partial charge in [0.1, 0.15) is 17.5 Å². The van der Waals surface area contributed by atoms with Gasteiger partial charge < -0.3 is 16.0 Å². The zero-order valence-electron chi connectivity index (χ0n) is 19.1. The maximum atomic E-state index is 13.7. The van der Waals surface area contributed by atoms with Gasteiger partial charge in [-0.25, -0.2) is 13.8 Å². The third-order valence-electron chi connectivity index (χ3n) is 4.96. The van der Waals surface area contributed by atoms with Crippen molar-refractivity contribution in [2.45, 2.75) is 13.8 Å². The minimum atomic E-state index is -0.610.